The maximum absolute atomic E-state index is 4.84. The van der Waals surface area contributed by atoms with Gasteiger partial charge in [-0.3, -0.25) is 0 Å². The molecule has 18 heavy (non-hydrogen) atoms. The summed E-state index contributed by atoms with van der Waals surface area (Å²) >= 11 is 1.76. The van der Waals surface area contributed by atoms with E-state index in [1.165, 1.54) is 40.7 Å². The smallest absolute Gasteiger partial charge is 0.123 e. The van der Waals surface area contributed by atoms with E-state index in [0.29, 0.717) is 5.41 Å². The minimum absolute atomic E-state index is 0.460. The summed E-state index contributed by atoms with van der Waals surface area (Å²) in [6.45, 7) is 7.15. The zero-order chi connectivity index (χ0) is 12.8. The minimum atomic E-state index is 0.460. The standard InChI is InChI=1S/C16H21NS/c1-4-16(2,3)13-5-6-14-12(10-13)9-11-7-8-18-15(11)17-14/h7-9,13H,4-6,10H2,1-3H3. The van der Waals surface area contributed by atoms with Crippen LogP contribution >= 0.6 is 11.3 Å². The molecule has 0 radical (unpaired) electrons. The molecular weight excluding hydrogens is 238 g/mol. The molecule has 0 fully saturated rings. The van der Waals surface area contributed by atoms with Crippen LogP contribution < -0.4 is 0 Å². The molecule has 1 nitrogen and oxygen atoms in total. The lowest BCUT2D eigenvalue weighted by atomic mass is 9.69. The molecule has 2 aromatic heterocycles. The Morgan fingerprint density at radius 3 is 3.06 bits per heavy atom. The van der Waals surface area contributed by atoms with Crippen LogP contribution in [0.2, 0.25) is 0 Å². The Hall–Kier alpha value is -0.890. The van der Waals surface area contributed by atoms with Gasteiger partial charge in [-0.2, -0.15) is 0 Å². The largest absolute Gasteiger partial charge is 0.242 e. The fraction of sp³-hybridized carbons (Fsp3) is 0.562. The number of nitrogens with zero attached hydrogens (tertiary/aromatic N) is 1. The molecule has 0 aromatic carbocycles. The van der Waals surface area contributed by atoms with Gasteiger partial charge in [0.2, 0.25) is 0 Å². The van der Waals surface area contributed by atoms with Crippen molar-refractivity contribution >= 4 is 21.6 Å². The molecule has 1 atom stereocenters. The van der Waals surface area contributed by atoms with Gasteiger partial charge in [-0.15, -0.1) is 11.3 Å². The first kappa shape index (κ1) is 12.2. The Bertz CT molecular complexity index is 567. The molecule has 0 spiro atoms. The topological polar surface area (TPSA) is 12.9 Å². The second-order valence-electron chi connectivity index (χ2n) is 6.19. The Labute approximate surface area is 113 Å². The molecule has 3 rings (SSSR count). The summed E-state index contributed by atoms with van der Waals surface area (Å²) in [5, 5.41) is 3.48. The molecule has 1 aliphatic carbocycles. The van der Waals surface area contributed by atoms with Crippen molar-refractivity contribution in [3.8, 4) is 0 Å². The van der Waals surface area contributed by atoms with Crippen molar-refractivity contribution in [1.82, 2.24) is 4.98 Å². The maximum atomic E-state index is 4.84. The van der Waals surface area contributed by atoms with E-state index in [-0.39, 0.29) is 0 Å². The summed E-state index contributed by atoms with van der Waals surface area (Å²) in [5.74, 6) is 0.813. The van der Waals surface area contributed by atoms with Gasteiger partial charge in [0.05, 0.1) is 0 Å². The van der Waals surface area contributed by atoms with Gasteiger partial charge < -0.3 is 0 Å². The first-order valence-corrected chi connectivity index (χ1v) is 7.84. The Morgan fingerprint density at radius 1 is 1.44 bits per heavy atom. The molecule has 1 aliphatic rings. The third-order valence-electron chi connectivity index (χ3n) is 4.82. The lowest BCUT2D eigenvalue weighted by Crippen LogP contribution is -2.29. The molecule has 0 N–H and O–H groups in total. The summed E-state index contributed by atoms with van der Waals surface area (Å²) in [6.07, 6.45) is 4.95. The molecule has 0 aliphatic heterocycles. The predicted octanol–water partition coefficient (Wildman–Crippen LogP) is 4.84. The lowest BCUT2D eigenvalue weighted by molar-refractivity contribution is 0.182. The molecule has 0 saturated carbocycles. The molecule has 96 valence electrons. The van der Waals surface area contributed by atoms with Gasteiger partial charge in [0.25, 0.3) is 0 Å². The normalized spacial score (nSPS) is 20.1. The van der Waals surface area contributed by atoms with E-state index in [1.807, 2.05) is 0 Å². The first-order chi connectivity index (χ1) is 8.60. The van der Waals surface area contributed by atoms with Crippen LogP contribution in [0.5, 0.6) is 0 Å². The van der Waals surface area contributed by atoms with Crippen molar-refractivity contribution in [3.63, 3.8) is 0 Å². The third-order valence-corrected chi connectivity index (χ3v) is 5.65. The average molecular weight is 259 g/mol. The zero-order valence-electron chi connectivity index (χ0n) is 11.5. The van der Waals surface area contributed by atoms with Crippen LogP contribution in [-0.4, -0.2) is 4.98 Å². The van der Waals surface area contributed by atoms with E-state index in [1.54, 1.807) is 11.3 Å². The quantitative estimate of drug-likeness (QED) is 0.752. The highest BCUT2D eigenvalue weighted by molar-refractivity contribution is 7.16. The number of pyridine rings is 1. The molecule has 2 aromatic rings. The molecule has 0 saturated heterocycles. The van der Waals surface area contributed by atoms with E-state index in [2.05, 4.69) is 38.3 Å². The number of hydrogen-bond acceptors (Lipinski definition) is 2. The third kappa shape index (κ3) is 1.97. The van der Waals surface area contributed by atoms with Crippen LogP contribution in [0.3, 0.4) is 0 Å². The fourth-order valence-electron chi connectivity index (χ4n) is 3.00. The van der Waals surface area contributed by atoms with Gasteiger partial charge in [-0.05, 0) is 53.7 Å². The summed E-state index contributed by atoms with van der Waals surface area (Å²) in [5.41, 5.74) is 3.31. The number of aryl methyl sites for hydroxylation is 1. The number of fused-ring (bicyclic) bond motifs is 2. The number of hydrogen-bond donors (Lipinski definition) is 0. The molecule has 0 bridgehead atoms. The van der Waals surface area contributed by atoms with E-state index < -0.39 is 0 Å². The van der Waals surface area contributed by atoms with Crippen LogP contribution in [0.15, 0.2) is 17.5 Å². The first-order valence-electron chi connectivity index (χ1n) is 6.96. The average Bonchev–Trinajstić information content (AvgIpc) is 2.82. The van der Waals surface area contributed by atoms with Crippen molar-refractivity contribution in [2.24, 2.45) is 11.3 Å². The second kappa shape index (κ2) is 4.34. The van der Waals surface area contributed by atoms with Crippen LogP contribution in [0.1, 0.15) is 44.9 Å². The highest BCUT2D eigenvalue weighted by atomic mass is 32.1. The summed E-state index contributed by atoms with van der Waals surface area (Å²) in [4.78, 5) is 6.05. The van der Waals surface area contributed by atoms with E-state index >= 15 is 0 Å². The Balaban J connectivity index is 1.96. The maximum Gasteiger partial charge on any atom is 0.123 e. The zero-order valence-corrected chi connectivity index (χ0v) is 12.3. The minimum Gasteiger partial charge on any atom is -0.242 e. The van der Waals surface area contributed by atoms with Gasteiger partial charge in [0, 0.05) is 11.1 Å². The molecule has 2 heterocycles. The van der Waals surface area contributed by atoms with E-state index in [9.17, 15) is 0 Å². The predicted molar refractivity (Wildman–Crippen MR) is 79.2 cm³/mol. The van der Waals surface area contributed by atoms with Gasteiger partial charge in [0.15, 0.2) is 0 Å². The molecule has 0 amide bonds. The second-order valence-corrected chi connectivity index (χ2v) is 7.09. The lowest BCUT2D eigenvalue weighted by Gasteiger charge is -2.36. The highest BCUT2D eigenvalue weighted by Crippen LogP contribution is 2.40. The van der Waals surface area contributed by atoms with Gasteiger partial charge in [-0.25, -0.2) is 4.98 Å². The van der Waals surface area contributed by atoms with E-state index in [4.69, 9.17) is 4.98 Å². The van der Waals surface area contributed by atoms with E-state index in [0.717, 1.165) is 12.3 Å². The molecule has 2 heteroatoms. The summed E-state index contributed by atoms with van der Waals surface area (Å²) < 4.78 is 0. The van der Waals surface area contributed by atoms with Crippen LogP contribution in [0, 0.1) is 11.3 Å². The van der Waals surface area contributed by atoms with Gasteiger partial charge in [-0.1, -0.05) is 27.2 Å². The van der Waals surface area contributed by atoms with Crippen LogP contribution in [0.25, 0.3) is 10.2 Å². The van der Waals surface area contributed by atoms with Gasteiger partial charge in [0.1, 0.15) is 4.83 Å². The van der Waals surface area contributed by atoms with Crippen LogP contribution in [0.4, 0.5) is 0 Å². The van der Waals surface area contributed by atoms with Crippen molar-refractivity contribution in [2.45, 2.75) is 46.5 Å². The molecular formula is C16H21NS. The summed E-state index contributed by atoms with van der Waals surface area (Å²) in [6, 6.07) is 4.58. The SMILES string of the molecule is CCC(C)(C)C1CCc2nc3sccc3cc2C1. The number of aromatic nitrogens is 1. The monoisotopic (exact) mass is 259 g/mol. The van der Waals surface area contributed by atoms with Gasteiger partial charge >= 0.3 is 0 Å². The van der Waals surface area contributed by atoms with Crippen molar-refractivity contribution in [1.29, 1.82) is 0 Å². The molecule has 1 unspecified atom stereocenters. The van der Waals surface area contributed by atoms with Crippen molar-refractivity contribution in [3.05, 3.63) is 28.8 Å². The van der Waals surface area contributed by atoms with Crippen molar-refractivity contribution < 1.29 is 0 Å². The number of rotatable bonds is 2. The van der Waals surface area contributed by atoms with Crippen molar-refractivity contribution in [2.75, 3.05) is 0 Å². The fourth-order valence-corrected chi connectivity index (χ4v) is 3.77. The Morgan fingerprint density at radius 2 is 2.28 bits per heavy atom. The highest BCUT2D eigenvalue weighted by Gasteiger charge is 2.31. The van der Waals surface area contributed by atoms with Crippen LogP contribution in [-0.2, 0) is 12.8 Å². The number of thiophene rings is 1. The summed E-state index contributed by atoms with van der Waals surface area (Å²) in [7, 11) is 0. The Kier molecular flexibility index (Phi) is 2.93.